The lowest BCUT2D eigenvalue weighted by atomic mass is 10.4. The van der Waals surface area contributed by atoms with Gasteiger partial charge < -0.3 is 0 Å². The first-order valence-electron chi connectivity index (χ1n) is 4.08. The van der Waals surface area contributed by atoms with Gasteiger partial charge in [-0.3, -0.25) is 0 Å². The second-order valence-corrected chi connectivity index (χ2v) is 2.78. The van der Waals surface area contributed by atoms with E-state index >= 15 is 0 Å². The van der Waals surface area contributed by atoms with Crippen LogP contribution in [0.3, 0.4) is 0 Å². The summed E-state index contributed by atoms with van der Waals surface area (Å²) in [6, 6.07) is 0. The molecular formula is C10H10N2. The quantitative estimate of drug-likeness (QED) is 0.551. The van der Waals surface area contributed by atoms with Gasteiger partial charge in [0.15, 0.2) is 0 Å². The van der Waals surface area contributed by atoms with E-state index in [0.717, 1.165) is 24.2 Å². The van der Waals surface area contributed by atoms with Gasteiger partial charge in [0, 0.05) is 12.8 Å². The zero-order valence-electron chi connectivity index (χ0n) is 6.77. The second-order valence-electron chi connectivity index (χ2n) is 2.78. The van der Waals surface area contributed by atoms with Crippen LogP contribution in [0.5, 0.6) is 0 Å². The number of hydrogen-bond donors (Lipinski definition) is 0. The smallest absolute Gasteiger partial charge is 0.0668 e. The van der Waals surface area contributed by atoms with Gasteiger partial charge in [0.1, 0.15) is 0 Å². The molecule has 0 aromatic rings. The minimum atomic E-state index is 0.921. The van der Waals surface area contributed by atoms with Crippen molar-refractivity contribution < 1.29 is 0 Å². The van der Waals surface area contributed by atoms with Gasteiger partial charge in [-0.05, 0) is 12.2 Å². The molecule has 0 unspecified atom stereocenters. The van der Waals surface area contributed by atoms with Gasteiger partial charge in [0.05, 0.1) is 11.4 Å². The van der Waals surface area contributed by atoms with Crippen molar-refractivity contribution in [1.82, 2.24) is 0 Å². The number of azo groups is 1. The van der Waals surface area contributed by atoms with Crippen molar-refractivity contribution >= 4 is 0 Å². The van der Waals surface area contributed by atoms with Gasteiger partial charge in [-0.25, -0.2) is 0 Å². The Morgan fingerprint density at radius 3 is 1.67 bits per heavy atom. The van der Waals surface area contributed by atoms with Crippen molar-refractivity contribution in [2.24, 2.45) is 10.2 Å². The molecule has 0 aromatic heterocycles. The summed E-state index contributed by atoms with van der Waals surface area (Å²) in [5, 5.41) is 8.24. The Labute approximate surface area is 71.7 Å². The number of nitrogens with zero attached hydrogens (tertiary/aromatic N) is 2. The summed E-state index contributed by atoms with van der Waals surface area (Å²) in [5.74, 6) is 0. The molecule has 0 aliphatic heterocycles. The third-order valence-electron chi connectivity index (χ3n) is 1.81. The van der Waals surface area contributed by atoms with Crippen LogP contribution in [-0.4, -0.2) is 0 Å². The summed E-state index contributed by atoms with van der Waals surface area (Å²) in [6.07, 6.45) is 14.0. The summed E-state index contributed by atoms with van der Waals surface area (Å²) in [6.45, 7) is 0. The van der Waals surface area contributed by atoms with E-state index in [1.807, 2.05) is 24.3 Å². The van der Waals surface area contributed by atoms with Crippen LogP contribution in [0.15, 0.2) is 58.1 Å². The number of rotatable bonds is 2. The highest BCUT2D eigenvalue weighted by molar-refractivity contribution is 5.24. The maximum absolute atomic E-state index is 4.12. The van der Waals surface area contributed by atoms with Crippen LogP contribution in [0.4, 0.5) is 0 Å². The molecule has 0 spiro atoms. The summed E-state index contributed by atoms with van der Waals surface area (Å²) in [5.41, 5.74) is 2.09. The minimum absolute atomic E-state index is 0.921. The van der Waals surface area contributed by atoms with Gasteiger partial charge in [-0.2, -0.15) is 10.2 Å². The van der Waals surface area contributed by atoms with Crippen LogP contribution in [0, 0.1) is 0 Å². The lowest BCUT2D eigenvalue weighted by Crippen LogP contribution is -1.71. The first kappa shape index (κ1) is 7.22. The Morgan fingerprint density at radius 2 is 1.33 bits per heavy atom. The van der Waals surface area contributed by atoms with Crippen LogP contribution >= 0.6 is 0 Å². The molecule has 60 valence electrons. The van der Waals surface area contributed by atoms with E-state index in [2.05, 4.69) is 22.4 Å². The Hall–Kier alpha value is -1.44. The Balaban J connectivity index is 1.94. The van der Waals surface area contributed by atoms with Crippen molar-refractivity contribution in [1.29, 1.82) is 0 Å². The molecule has 0 radical (unpaired) electrons. The molecule has 2 rings (SSSR count). The fourth-order valence-corrected chi connectivity index (χ4v) is 1.15. The molecule has 0 atom stereocenters. The molecule has 2 heteroatoms. The normalized spacial score (nSPS) is 20.7. The van der Waals surface area contributed by atoms with E-state index in [1.54, 1.807) is 0 Å². The third kappa shape index (κ3) is 1.59. The summed E-state index contributed by atoms with van der Waals surface area (Å²) in [7, 11) is 0. The molecule has 2 aliphatic carbocycles. The standard InChI is InChI=1S/C10H10N2/c1-2-6-9(5-1)11-12-10-7-3-4-8-10/h1-5,7H,6,8H2. The highest BCUT2D eigenvalue weighted by Crippen LogP contribution is 2.16. The molecule has 0 bridgehead atoms. The van der Waals surface area contributed by atoms with Crippen LogP contribution in [0.25, 0.3) is 0 Å². The van der Waals surface area contributed by atoms with Gasteiger partial charge in [-0.15, -0.1) is 0 Å². The van der Waals surface area contributed by atoms with E-state index in [-0.39, 0.29) is 0 Å². The van der Waals surface area contributed by atoms with Crippen molar-refractivity contribution in [3.8, 4) is 0 Å². The Bertz CT molecular complexity index is 285. The molecular weight excluding hydrogens is 148 g/mol. The van der Waals surface area contributed by atoms with Crippen molar-refractivity contribution in [2.45, 2.75) is 12.8 Å². The molecule has 0 fully saturated rings. The molecule has 0 saturated heterocycles. The minimum Gasteiger partial charge on any atom is -0.155 e. The van der Waals surface area contributed by atoms with Crippen LogP contribution in [-0.2, 0) is 0 Å². The molecule has 0 saturated carbocycles. The van der Waals surface area contributed by atoms with Crippen molar-refractivity contribution in [2.75, 3.05) is 0 Å². The summed E-state index contributed by atoms with van der Waals surface area (Å²) in [4.78, 5) is 0. The number of allylic oxidation sites excluding steroid dienone is 6. The van der Waals surface area contributed by atoms with E-state index < -0.39 is 0 Å². The van der Waals surface area contributed by atoms with E-state index in [4.69, 9.17) is 0 Å². The maximum Gasteiger partial charge on any atom is 0.0668 e. The van der Waals surface area contributed by atoms with Crippen LogP contribution < -0.4 is 0 Å². The highest BCUT2D eigenvalue weighted by atomic mass is 15.1. The molecule has 0 amide bonds. The van der Waals surface area contributed by atoms with Crippen molar-refractivity contribution in [3.63, 3.8) is 0 Å². The fourth-order valence-electron chi connectivity index (χ4n) is 1.15. The van der Waals surface area contributed by atoms with Gasteiger partial charge >= 0.3 is 0 Å². The molecule has 2 aliphatic rings. The van der Waals surface area contributed by atoms with Gasteiger partial charge in [-0.1, -0.05) is 24.3 Å². The van der Waals surface area contributed by atoms with E-state index in [0.29, 0.717) is 0 Å². The fraction of sp³-hybridized carbons (Fsp3) is 0.200. The van der Waals surface area contributed by atoms with Crippen LogP contribution in [0.2, 0.25) is 0 Å². The molecule has 0 N–H and O–H groups in total. The molecule has 0 heterocycles. The van der Waals surface area contributed by atoms with Crippen molar-refractivity contribution in [3.05, 3.63) is 47.9 Å². The SMILES string of the molecule is C1=CCC(N=NC2=CC=CC2)=C1. The lowest BCUT2D eigenvalue weighted by Gasteiger charge is -1.90. The van der Waals surface area contributed by atoms with Gasteiger partial charge in [0.25, 0.3) is 0 Å². The third-order valence-corrected chi connectivity index (χ3v) is 1.81. The second kappa shape index (κ2) is 3.30. The van der Waals surface area contributed by atoms with E-state index in [9.17, 15) is 0 Å². The molecule has 12 heavy (non-hydrogen) atoms. The average molecular weight is 158 g/mol. The van der Waals surface area contributed by atoms with Crippen LogP contribution in [0.1, 0.15) is 12.8 Å². The molecule has 0 aromatic carbocycles. The van der Waals surface area contributed by atoms with E-state index in [1.165, 1.54) is 0 Å². The maximum atomic E-state index is 4.12. The van der Waals surface area contributed by atoms with Gasteiger partial charge in [0.2, 0.25) is 0 Å². The molecule has 2 nitrogen and oxygen atoms in total. The largest absolute Gasteiger partial charge is 0.155 e. The highest BCUT2D eigenvalue weighted by Gasteiger charge is 1.98. The summed E-state index contributed by atoms with van der Waals surface area (Å²) < 4.78 is 0. The Morgan fingerprint density at radius 1 is 0.833 bits per heavy atom. The topological polar surface area (TPSA) is 24.7 Å². The number of hydrogen-bond acceptors (Lipinski definition) is 2. The zero-order chi connectivity index (χ0) is 8.23. The first-order valence-corrected chi connectivity index (χ1v) is 4.08. The average Bonchev–Trinajstić information content (AvgIpc) is 2.74. The monoisotopic (exact) mass is 158 g/mol. The first-order chi connectivity index (χ1) is 5.95. The lowest BCUT2D eigenvalue weighted by molar-refractivity contribution is 1.01. The predicted molar refractivity (Wildman–Crippen MR) is 48.5 cm³/mol. The predicted octanol–water partition coefficient (Wildman–Crippen LogP) is 3.13. The summed E-state index contributed by atoms with van der Waals surface area (Å²) >= 11 is 0. The zero-order valence-corrected chi connectivity index (χ0v) is 6.77. The Kier molecular flexibility index (Phi) is 1.99.